The van der Waals surface area contributed by atoms with E-state index in [-0.39, 0.29) is 44.3 Å². The van der Waals surface area contributed by atoms with E-state index < -0.39 is 41.8 Å². The van der Waals surface area contributed by atoms with E-state index in [1.807, 2.05) is 7.05 Å². The van der Waals surface area contributed by atoms with Gasteiger partial charge < -0.3 is 19.3 Å². The van der Waals surface area contributed by atoms with Crippen LogP contribution >= 0.6 is 0 Å². The highest BCUT2D eigenvalue weighted by Crippen LogP contribution is 2.42. The van der Waals surface area contributed by atoms with Crippen molar-refractivity contribution in [3.05, 3.63) is 29.3 Å². The Kier molecular flexibility index (Phi) is 8.99. The summed E-state index contributed by atoms with van der Waals surface area (Å²) < 4.78 is 127. The Labute approximate surface area is 231 Å². The number of hydrogen-bond donors (Lipinski definition) is 0. The van der Waals surface area contributed by atoms with E-state index in [2.05, 4.69) is 14.5 Å². The van der Waals surface area contributed by atoms with Crippen LogP contribution < -0.4 is 4.74 Å². The van der Waals surface area contributed by atoms with Gasteiger partial charge in [-0.3, -0.25) is 4.90 Å². The molecule has 1 spiro atoms. The molecular formula is C26H32F9N3O3. The maximum absolute atomic E-state index is 13.5. The molecule has 4 rings (SSSR count). The Balaban J connectivity index is 1.45. The lowest BCUT2D eigenvalue weighted by Gasteiger charge is -2.45. The SMILES string of the molecule is CN1CCC(Oc2cc(C(F)(F)F)ccc2CN2CCCC23CCN(C(=O)OC(C(F)(F)F)C(F)(F)F)CC3)CC1. The van der Waals surface area contributed by atoms with Crippen LogP contribution in [-0.2, 0) is 17.5 Å². The van der Waals surface area contributed by atoms with Gasteiger partial charge >= 0.3 is 24.6 Å². The third kappa shape index (κ3) is 7.51. The second kappa shape index (κ2) is 11.7. The van der Waals surface area contributed by atoms with E-state index in [9.17, 15) is 44.3 Å². The number of benzene rings is 1. The van der Waals surface area contributed by atoms with Crippen molar-refractivity contribution in [3.63, 3.8) is 0 Å². The van der Waals surface area contributed by atoms with Crippen molar-refractivity contribution in [1.82, 2.24) is 14.7 Å². The van der Waals surface area contributed by atoms with Crippen LogP contribution in [0.4, 0.5) is 44.3 Å². The summed E-state index contributed by atoms with van der Waals surface area (Å²) in [6.07, 6.45) is -19.1. The molecule has 1 aromatic carbocycles. The summed E-state index contributed by atoms with van der Waals surface area (Å²) >= 11 is 0. The van der Waals surface area contributed by atoms with Gasteiger partial charge in [0.15, 0.2) is 0 Å². The smallest absolute Gasteiger partial charge is 0.434 e. The van der Waals surface area contributed by atoms with Gasteiger partial charge in [-0.1, -0.05) is 6.07 Å². The van der Waals surface area contributed by atoms with Crippen molar-refractivity contribution in [2.45, 2.75) is 81.3 Å². The predicted molar refractivity (Wildman–Crippen MR) is 128 cm³/mol. The fraction of sp³-hybridized carbons (Fsp3) is 0.731. The first-order chi connectivity index (χ1) is 19.0. The standard InChI is InChI=1S/C26H32F9N3O3/c1-36-11-5-19(6-12-36)40-20-15-18(24(27,28)29)4-3-17(20)16-38-10-2-7-23(38)8-13-37(14-9-23)22(39)41-21(25(30,31)32)26(33,34)35/h3-4,15,19,21H,2,5-14,16H2,1H3. The number of likely N-dealkylation sites (tertiary alicyclic amines) is 3. The number of rotatable bonds is 5. The molecule has 232 valence electrons. The highest BCUT2D eigenvalue weighted by atomic mass is 19.4. The van der Waals surface area contributed by atoms with Crippen LogP contribution in [0.2, 0.25) is 0 Å². The van der Waals surface area contributed by atoms with Gasteiger partial charge in [0.2, 0.25) is 0 Å². The first-order valence-corrected chi connectivity index (χ1v) is 13.4. The predicted octanol–water partition coefficient (Wildman–Crippen LogP) is 6.24. The van der Waals surface area contributed by atoms with Crippen LogP contribution in [0.3, 0.4) is 0 Å². The van der Waals surface area contributed by atoms with E-state index in [1.165, 1.54) is 6.07 Å². The van der Waals surface area contributed by atoms with E-state index >= 15 is 0 Å². The third-order valence-corrected chi connectivity index (χ3v) is 8.22. The Hall–Kier alpha value is -2.42. The van der Waals surface area contributed by atoms with Crippen LogP contribution in [-0.4, -0.2) is 90.7 Å². The number of nitrogens with zero attached hydrogens (tertiary/aromatic N) is 3. The van der Waals surface area contributed by atoms with Crippen LogP contribution in [0.5, 0.6) is 5.75 Å². The number of alkyl halides is 9. The lowest BCUT2D eigenvalue weighted by molar-refractivity contribution is -0.308. The molecule has 0 N–H and O–H groups in total. The lowest BCUT2D eigenvalue weighted by atomic mass is 9.84. The van der Waals surface area contributed by atoms with Crippen LogP contribution in [0.1, 0.15) is 49.7 Å². The van der Waals surface area contributed by atoms with Crippen LogP contribution in [0.15, 0.2) is 18.2 Å². The molecule has 0 bridgehead atoms. The van der Waals surface area contributed by atoms with E-state index in [0.29, 0.717) is 31.4 Å². The number of amides is 1. The zero-order chi connectivity index (χ0) is 30.2. The molecular weight excluding hydrogens is 573 g/mol. The number of piperidine rings is 2. The molecule has 3 saturated heterocycles. The highest BCUT2D eigenvalue weighted by molar-refractivity contribution is 5.68. The first-order valence-electron chi connectivity index (χ1n) is 13.4. The molecule has 41 heavy (non-hydrogen) atoms. The minimum Gasteiger partial charge on any atom is -0.490 e. The molecule has 3 heterocycles. The average molecular weight is 606 g/mol. The summed E-state index contributed by atoms with van der Waals surface area (Å²) in [4.78, 5) is 17.2. The molecule has 3 aliphatic rings. The molecule has 0 atom stereocenters. The van der Waals surface area contributed by atoms with Gasteiger partial charge in [-0.15, -0.1) is 0 Å². The van der Waals surface area contributed by atoms with Crippen LogP contribution in [0.25, 0.3) is 0 Å². The quantitative estimate of drug-likeness (QED) is 0.372. The van der Waals surface area contributed by atoms with Crippen molar-refractivity contribution < 1.29 is 53.8 Å². The third-order valence-electron chi connectivity index (χ3n) is 8.22. The van der Waals surface area contributed by atoms with Crippen molar-refractivity contribution >= 4 is 6.09 Å². The monoisotopic (exact) mass is 605 g/mol. The van der Waals surface area contributed by atoms with E-state index in [4.69, 9.17) is 4.74 Å². The van der Waals surface area contributed by atoms with Gasteiger partial charge in [-0.05, 0) is 64.3 Å². The summed E-state index contributed by atoms with van der Waals surface area (Å²) in [6, 6.07) is 3.39. The molecule has 1 amide bonds. The molecule has 0 radical (unpaired) electrons. The van der Waals surface area contributed by atoms with Gasteiger partial charge in [0.05, 0.1) is 5.56 Å². The Morgan fingerprint density at radius 3 is 2.10 bits per heavy atom. The summed E-state index contributed by atoms with van der Waals surface area (Å²) in [5.41, 5.74) is -0.793. The highest BCUT2D eigenvalue weighted by Gasteiger charge is 2.60. The lowest BCUT2D eigenvalue weighted by Crippen LogP contribution is -2.54. The topological polar surface area (TPSA) is 45.2 Å². The van der Waals surface area contributed by atoms with E-state index in [1.54, 1.807) is 0 Å². The first kappa shape index (κ1) is 31.5. The zero-order valence-electron chi connectivity index (χ0n) is 22.3. The number of halogens is 9. The van der Waals surface area contributed by atoms with Gasteiger partial charge in [-0.25, -0.2) is 4.79 Å². The average Bonchev–Trinajstić information content (AvgIpc) is 3.24. The largest absolute Gasteiger partial charge is 0.490 e. The van der Waals surface area contributed by atoms with Crippen molar-refractivity contribution in [1.29, 1.82) is 0 Å². The normalized spacial score (nSPS) is 21.6. The molecule has 0 saturated carbocycles. The molecule has 6 nitrogen and oxygen atoms in total. The Morgan fingerprint density at radius 1 is 0.927 bits per heavy atom. The maximum atomic E-state index is 13.5. The van der Waals surface area contributed by atoms with Gasteiger partial charge in [0.25, 0.3) is 6.10 Å². The Bertz CT molecular complexity index is 1050. The summed E-state index contributed by atoms with van der Waals surface area (Å²) in [7, 11) is 1.95. The fourth-order valence-electron chi connectivity index (χ4n) is 5.87. The number of carbonyl (C=O) groups excluding carboxylic acids is 1. The van der Waals surface area contributed by atoms with E-state index in [0.717, 1.165) is 36.5 Å². The zero-order valence-corrected chi connectivity index (χ0v) is 22.3. The second-order valence-electron chi connectivity index (χ2n) is 11.0. The van der Waals surface area contributed by atoms with Crippen molar-refractivity contribution in [2.24, 2.45) is 0 Å². The minimum absolute atomic E-state index is 0.121. The minimum atomic E-state index is -5.80. The molecule has 15 heteroatoms. The maximum Gasteiger partial charge on any atom is 0.434 e. The molecule has 0 aliphatic carbocycles. The summed E-state index contributed by atoms with van der Waals surface area (Å²) in [5, 5.41) is 0. The molecule has 0 unspecified atom stereocenters. The fourth-order valence-corrected chi connectivity index (χ4v) is 5.87. The van der Waals surface area contributed by atoms with Gasteiger partial charge in [-0.2, -0.15) is 39.5 Å². The van der Waals surface area contributed by atoms with Gasteiger partial charge in [0.1, 0.15) is 11.9 Å². The molecule has 1 aromatic rings. The molecule has 0 aromatic heterocycles. The van der Waals surface area contributed by atoms with Crippen molar-refractivity contribution in [3.8, 4) is 5.75 Å². The Morgan fingerprint density at radius 2 is 1.54 bits per heavy atom. The van der Waals surface area contributed by atoms with Gasteiger partial charge in [0, 0.05) is 43.8 Å². The number of hydrogen-bond acceptors (Lipinski definition) is 5. The summed E-state index contributed by atoms with van der Waals surface area (Å²) in [5.74, 6) is 0.141. The number of carbonyl (C=O) groups is 1. The molecule has 3 fully saturated rings. The van der Waals surface area contributed by atoms with Crippen LogP contribution in [0, 0.1) is 0 Å². The molecule has 3 aliphatic heterocycles. The van der Waals surface area contributed by atoms with Crippen molar-refractivity contribution in [2.75, 3.05) is 39.8 Å². The summed E-state index contributed by atoms with van der Waals surface area (Å²) in [6.45, 7) is 2.09. The second-order valence-corrected chi connectivity index (χ2v) is 11.0. The number of ether oxygens (including phenoxy) is 2.